The first-order valence-electron chi connectivity index (χ1n) is 13.0. The number of aromatic hydroxyl groups is 1. The number of halogens is 2. The van der Waals surface area contributed by atoms with Crippen molar-refractivity contribution in [1.29, 1.82) is 0 Å². The van der Waals surface area contributed by atoms with E-state index in [1.165, 1.54) is 0 Å². The predicted octanol–water partition coefficient (Wildman–Crippen LogP) is 6.29. The quantitative estimate of drug-likeness (QED) is 0.291. The second kappa shape index (κ2) is 8.96. The van der Waals surface area contributed by atoms with Crippen LogP contribution in [0, 0.1) is 24.4 Å². The highest BCUT2D eigenvalue weighted by Crippen LogP contribution is 2.63. The first-order chi connectivity index (χ1) is 16.6. The Balaban J connectivity index is 1.36. The predicted molar refractivity (Wildman–Crippen MR) is 154 cm³/mol. The number of hydrogen-bond acceptors (Lipinski definition) is 6. The molecule has 6 nitrogen and oxygen atoms in total. The minimum Gasteiger partial charge on any atom is -0.506 e. The van der Waals surface area contributed by atoms with Gasteiger partial charge >= 0.3 is 11.9 Å². The highest BCUT2D eigenvalue weighted by molar-refractivity contribution is 14.1. The lowest BCUT2D eigenvalue weighted by Crippen LogP contribution is -2.62. The average molecular weight is 721 g/mol. The van der Waals surface area contributed by atoms with Gasteiger partial charge in [-0.2, -0.15) is 0 Å². The lowest BCUT2D eigenvalue weighted by molar-refractivity contribution is -0.205. The molecule has 1 saturated heterocycles. The van der Waals surface area contributed by atoms with Crippen LogP contribution in [0.15, 0.2) is 12.1 Å². The number of ether oxygens (including phenoxy) is 2. The molecule has 5 fully saturated rings. The molecule has 36 heavy (non-hydrogen) atoms. The minimum absolute atomic E-state index is 0.0348. The molecule has 4 saturated carbocycles. The molecule has 2 atom stereocenters. The van der Waals surface area contributed by atoms with Crippen LogP contribution in [0.5, 0.6) is 5.75 Å². The lowest BCUT2D eigenvalue weighted by atomic mass is 9.48. The van der Waals surface area contributed by atoms with Crippen LogP contribution in [0.2, 0.25) is 0 Å². The molecular formula is C28H37I2NO5. The van der Waals surface area contributed by atoms with E-state index in [1.807, 2.05) is 28.7 Å². The number of phenols is 1. The summed E-state index contributed by atoms with van der Waals surface area (Å²) in [6, 6.07) is 3.50. The average Bonchev–Trinajstić information content (AvgIpc) is 2.72. The van der Waals surface area contributed by atoms with Crippen LogP contribution in [0.4, 0.5) is 0 Å². The summed E-state index contributed by atoms with van der Waals surface area (Å²) in [6.07, 6.45) is 6.36. The van der Waals surface area contributed by atoms with E-state index >= 15 is 0 Å². The second-order valence-corrected chi connectivity index (χ2v) is 15.6. The van der Waals surface area contributed by atoms with Crippen LogP contribution in [-0.4, -0.2) is 51.8 Å². The summed E-state index contributed by atoms with van der Waals surface area (Å²) in [4.78, 5) is 29.6. The Morgan fingerprint density at radius 3 is 2.14 bits per heavy atom. The number of phenolic OH excluding ortho intramolecular Hbond substituents is 1. The van der Waals surface area contributed by atoms with Gasteiger partial charge in [0.15, 0.2) is 0 Å². The number of hydrogen-bond donors (Lipinski definition) is 1. The van der Waals surface area contributed by atoms with Gasteiger partial charge < -0.3 is 14.6 Å². The Bertz CT molecular complexity index is 1070. The molecule has 1 N–H and O–H groups in total. The minimum atomic E-state index is -0.662. The van der Waals surface area contributed by atoms with Crippen LogP contribution in [0.25, 0.3) is 0 Å². The summed E-state index contributed by atoms with van der Waals surface area (Å²) in [7, 11) is 2.15. The zero-order valence-corrected chi connectivity index (χ0v) is 26.1. The van der Waals surface area contributed by atoms with Crippen molar-refractivity contribution in [3.63, 3.8) is 0 Å². The lowest BCUT2D eigenvalue weighted by Gasteiger charge is -2.60. The number of carbonyl (C=O) groups excluding carboxylic acids is 2. The monoisotopic (exact) mass is 721 g/mol. The van der Waals surface area contributed by atoms with Gasteiger partial charge in [-0.15, -0.1) is 0 Å². The van der Waals surface area contributed by atoms with Crippen molar-refractivity contribution in [2.75, 3.05) is 7.05 Å². The van der Waals surface area contributed by atoms with Gasteiger partial charge in [-0.05, 0) is 136 Å². The number of piperidine rings is 1. The van der Waals surface area contributed by atoms with E-state index in [0.717, 1.165) is 48.5 Å². The molecule has 0 aromatic heterocycles. The highest BCUT2D eigenvalue weighted by atomic mass is 127. The molecule has 1 aliphatic heterocycles. The molecule has 6 rings (SSSR count). The van der Waals surface area contributed by atoms with Gasteiger partial charge in [0, 0.05) is 33.9 Å². The van der Waals surface area contributed by atoms with E-state index < -0.39 is 17.0 Å². The first-order valence-corrected chi connectivity index (χ1v) is 15.2. The van der Waals surface area contributed by atoms with Crippen molar-refractivity contribution in [3.05, 3.63) is 24.8 Å². The number of benzene rings is 1. The van der Waals surface area contributed by atoms with Crippen LogP contribution in [-0.2, 0) is 14.3 Å². The Morgan fingerprint density at radius 2 is 1.56 bits per heavy atom. The van der Waals surface area contributed by atoms with Gasteiger partial charge in [0.1, 0.15) is 23.0 Å². The molecule has 2 unspecified atom stereocenters. The van der Waals surface area contributed by atoms with Crippen LogP contribution in [0.3, 0.4) is 0 Å². The Morgan fingerprint density at radius 1 is 0.972 bits per heavy atom. The molecule has 0 spiro atoms. The molecule has 4 bridgehead atoms. The fourth-order valence-electron chi connectivity index (χ4n) is 8.15. The Labute approximate surface area is 241 Å². The molecule has 198 valence electrons. The van der Waals surface area contributed by atoms with Gasteiger partial charge in [-0.3, -0.25) is 9.69 Å². The van der Waals surface area contributed by atoms with Crippen molar-refractivity contribution >= 4 is 57.1 Å². The van der Waals surface area contributed by atoms with E-state index in [9.17, 15) is 14.7 Å². The molecule has 1 aromatic carbocycles. The summed E-state index contributed by atoms with van der Waals surface area (Å²) >= 11 is 4.18. The van der Waals surface area contributed by atoms with E-state index in [0.29, 0.717) is 21.8 Å². The van der Waals surface area contributed by atoms with E-state index in [-0.39, 0.29) is 34.5 Å². The maximum absolute atomic E-state index is 13.9. The number of esters is 2. The smallest absolute Gasteiger partial charge is 0.342 e. The molecular weight excluding hydrogens is 684 g/mol. The molecule has 1 aromatic rings. The first kappa shape index (κ1) is 27.0. The third-order valence-corrected chi connectivity index (χ3v) is 11.0. The summed E-state index contributed by atoms with van der Waals surface area (Å²) in [6.45, 7) is 8.87. The summed E-state index contributed by atoms with van der Waals surface area (Å²) in [5.74, 6) is 0.105. The summed E-state index contributed by atoms with van der Waals surface area (Å²) in [5, 5.41) is 10.5. The highest BCUT2D eigenvalue weighted by Gasteiger charge is 2.63. The second-order valence-electron chi connectivity index (χ2n) is 13.2. The largest absolute Gasteiger partial charge is 0.506 e. The number of carbonyl (C=O) groups is 2. The van der Waals surface area contributed by atoms with Crippen molar-refractivity contribution in [2.24, 2.45) is 17.3 Å². The number of rotatable bonds is 4. The Kier molecular flexibility index (Phi) is 6.71. The SMILES string of the molecule is CN1C(C)(C)CC(OC(=O)C23CC4CC(CC(OC(=O)c5cc(I)cc(I)c5O)(C4)C2)C3)CC1(C)C. The maximum Gasteiger partial charge on any atom is 0.342 e. The molecule has 8 heteroatoms. The van der Waals surface area contributed by atoms with Crippen molar-refractivity contribution in [1.82, 2.24) is 4.90 Å². The number of likely N-dealkylation sites (tertiary alicyclic amines) is 1. The van der Waals surface area contributed by atoms with Crippen LogP contribution < -0.4 is 0 Å². The van der Waals surface area contributed by atoms with Gasteiger partial charge in [-0.25, -0.2) is 4.79 Å². The summed E-state index contributed by atoms with van der Waals surface area (Å²) in [5.41, 5.74) is -1.15. The topological polar surface area (TPSA) is 76.1 Å². The van der Waals surface area contributed by atoms with Crippen molar-refractivity contribution in [3.8, 4) is 5.75 Å². The molecule has 0 radical (unpaired) electrons. The third kappa shape index (κ3) is 4.69. The maximum atomic E-state index is 13.9. The van der Waals surface area contributed by atoms with E-state index in [4.69, 9.17) is 9.47 Å². The van der Waals surface area contributed by atoms with Gasteiger partial charge in [0.2, 0.25) is 0 Å². The van der Waals surface area contributed by atoms with Gasteiger partial charge in [-0.1, -0.05) is 0 Å². The van der Waals surface area contributed by atoms with E-state index in [1.54, 1.807) is 6.07 Å². The Hall–Kier alpha value is -0.620. The van der Waals surface area contributed by atoms with Crippen LogP contribution in [0.1, 0.15) is 89.4 Å². The fourth-order valence-corrected chi connectivity index (χ4v) is 9.99. The van der Waals surface area contributed by atoms with Gasteiger partial charge in [0.05, 0.1) is 8.99 Å². The van der Waals surface area contributed by atoms with Crippen molar-refractivity contribution < 1.29 is 24.2 Å². The summed E-state index contributed by atoms with van der Waals surface area (Å²) < 4.78 is 14.1. The zero-order chi connectivity index (χ0) is 26.3. The van der Waals surface area contributed by atoms with Crippen LogP contribution >= 0.6 is 45.2 Å². The number of nitrogens with zero attached hydrogens (tertiary/aromatic N) is 1. The molecule has 0 amide bonds. The third-order valence-electron chi connectivity index (χ3n) is 9.54. The normalized spacial score (nSPS) is 35.0. The zero-order valence-electron chi connectivity index (χ0n) is 21.8. The standard InChI is InChI=1S/C28H37I2NO5/c1-25(2)13-19(14-26(3,4)31(25)5)35-24(34)27-9-16-6-17(10-27)12-28(11-16,15-27)36-23(33)20-7-18(29)8-21(30)22(20)32/h7-8,16-17,19,32H,6,9-15H2,1-5H3. The van der Waals surface area contributed by atoms with Crippen molar-refractivity contribution in [2.45, 2.75) is 102 Å². The van der Waals surface area contributed by atoms with Gasteiger partial charge in [0.25, 0.3) is 0 Å². The molecule has 1 heterocycles. The molecule has 5 aliphatic rings. The molecule has 4 aliphatic carbocycles. The fraction of sp³-hybridized carbons (Fsp3) is 0.714. The van der Waals surface area contributed by atoms with E-state index in [2.05, 4.69) is 62.2 Å².